The molecule has 0 bridgehead atoms. The van der Waals surface area contributed by atoms with Gasteiger partial charge in [0.2, 0.25) is 0 Å². The average molecular weight is 249 g/mol. The zero-order chi connectivity index (χ0) is 13.1. The van der Waals surface area contributed by atoms with E-state index in [2.05, 4.69) is 0 Å². The van der Waals surface area contributed by atoms with Gasteiger partial charge in [0, 0.05) is 13.7 Å². The average Bonchev–Trinajstić information content (AvgIpc) is 2.80. The summed E-state index contributed by atoms with van der Waals surface area (Å²) in [6.45, 7) is 3.08. The van der Waals surface area contributed by atoms with Crippen LogP contribution in [0.15, 0.2) is 18.2 Å². The number of methoxy groups -OCH3 is 1. The molecular weight excluding hydrogens is 230 g/mol. The van der Waals surface area contributed by atoms with E-state index in [0.717, 1.165) is 24.9 Å². The molecule has 98 valence electrons. The molecule has 0 aromatic heterocycles. The van der Waals surface area contributed by atoms with Crippen molar-refractivity contribution in [3.8, 4) is 5.75 Å². The first-order valence-corrected chi connectivity index (χ1v) is 6.23. The van der Waals surface area contributed by atoms with E-state index in [1.807, 2.05) is 0 Å². The maximum Gasteiger partial charge on any atom is 0.257 e. The molecule has 18 heavy (non-hydrogen) atoms. The molecule has 2 rings (SSSR count). The molecule has 0 aliphatic carbocycles. The van der Waals surface area contributed by atoms with Gasteiger partial charge in [-0.05, 0) is 31.4 Å². The largest absolute Gasteiger partial charge is 0.507 e. The number of rotatable bonds is 3. The van der Waals surface area contributed by atoms with Crippen molar-refractivity contribution in [3.05, 3.63) is 29.3 Å². The number of likely N-dealkylation sites (tertiary alicyclic amines) is 1. The van der Waals surface area contributed by atoms with E-state index >= 15 is 0 Å². The van der Waals surface area contributed by atoms with Crippen LogP contribution in [0.1, 0.15) is 28.8 Å². The molecule has 1 N–H and O–H groups in total. The minimum absolute atomic E-state index is 0.0885. The van der Waals surface area contributed by atoms with Gasteiger partial charge in [0.15, 0.2) is 0 Å². The predicted molar refractivity (Wildman–Crippen MR) is 68.8 cm³/mol. The summed E-state index contributed by atoms with van der Waals surface area (Å²) in [6.07, 6.45) is 1.96. The van der Waals surface area contributed by atoms with Crippen molar-refractivity contribution < 1.29 is 14.6 Å². The highest BCUT2D eigenvalue weighted by molar-refractivity contribution is 5.97. The lowest BCUT2D eigenvalue weighted by Gasteiger charge is -2.24. The molecule has 1 aliphatic heterocycles. The van der Waals surface area contributed by atoms with E-state index in [0.29, 0.717) is 12.2 Å². The van der Waals surface area contributed by atoms with Crippen LogP contribution in [0.25, 0.3) is 0 Å². The second-order valence-corrected chi connectivity index (χ2v) is 4.72. The number of phenolic OH excluding ortho intramolecular Hbond substituents is 1. The third-order valence-corrected chi connectivity index (χ3v) is 3.47. The van der Waals surface area contributed by atoms with Crippen LogP contribution in [0, 0.1) is 6.92 Å². The third kappa shape index (κ3) is 2.34. The Hall–Kier alpha value is -1.55. The van der Waals surface area contributed by atoms with Crippen molar-refractivity contribution >= 4 is 5.91 Å². The highest BCUT2D eigenvalue weighted by atomic mass is 16.5. The number of carbonyl (C=O) groups excluding carboxylic acids is 1. The fraction of sp³-hybridized carbons (Fsp3) is 0.500. The summed E-state index contributed by atoms with van der Waals surface area (Å²) >= 11 is 0. The summed E-state index contributed by atoms with van der Waals surface area (Å²) in [6, 6.07) is 5.39. The van der Waals surface area contributed by atoms with Crippen molar-refractivity contribution in [2.45, 2.75) is 25.8 Å². The first-order chi connectivity index (χ1) is 8.65. The number of hydrogen-bond acceptors (Lipinski definition) is 3. The van der Waals surface area contributed by atoms with Gasteiger partial charge in [0.05, 0.1) is 18.2 Å². The Morgan fingerprint density at radius 1 is 1.56 bits per heavy atom. The number of ether oxygens (including phenoxy) is 1. The number of hydrogen-bond donors (Lipinski definition) is 1. The van der Waals surface area contributed by atoms with Crippen molar-refractivity contribution in [3.63, 3.8) is 0 Å². The van der Waals surface area contributed by atoms with E-state index < -0.39 is 0 Å². The highest BCUT2D eigenvalue weighted by Gasteiger charge is 2.30. The Bertz CT molecular complexity index is 445. The molecule has 1 aromatic carbocycles. The molecule has 1 amide bonds. The van der Waals surface area contributed by atoms with Gasteiger partial charge in [-0.1, -0.05) is 12.1 Å². The maximum absolute atomic E-state index is 12.4. The van der Waals surface area contributed by atoms with Crippen LogP contribution in [0.2, 0.25) is 0 Å². The first-order valence-electron chi connectivity index (χ1n) is 6.23. The number of aryl methyl sites for hydroxylation is 1. The van der Waals surface area contributed by atoms with Gasteiger partial charge < -0.3 is 14.7 Å². The molecule has 4 heteroatoms. The van der Waals surface area contributed by atoms with Gasteiger partial charge in [-0.15, -0.1) is 0 Å². The molecular formula is C14H19NO3. The summed E-state index contributed by atoms with van der Waals surface area (Å²) in [5.74, 6) is -0.0127. The number of nitrogens with zero attached hydrogens (tertiary/aromatic N) is 1. The van der Waals surface area contributed by atoms with E-state index in [9.17, 15) is 9.90 Å². The lowest BCUT2D eigenvalue weighted by molar-refractivity contribution is 0.0627. The normalized spacial score (nSPS) is 19.2. The SMILES string of the molecule is COC[C@@H]1CCCN1C(=O)c1cccc(C)c1O. The van der Waals surface area contributed by atoms with Gasteiger partial charge in [-0.2, -0.15) is 0 Å². The van der Waals surface area contributed by atoms with E-state index in [-0.39, 0.29) is 17.7 Å². The summed E-state index contributed by atoms with van der Waals surface area (Å²) < 4.78 is 5.14. The number of phenols is 1. The summed E-state index contributed by atoms with van der Waals surface area (Å²) in [7, 11) is 1.64. The fourth-order valence-corrected chi connectivity index (χ4v) is 2.45. The number of amides is 1. The highest BCUT2D eigenvalue weighted by Crippen LogP contribution is 2.26. The van der Waals surface area contributed by atoms with E-state index in [1.54, 1.807) is 37.1 Å². The van der Waals surface area contributed by atoms with Crippen molar-refractivity contribution in [2.75, 3.05) is 20.3 Å². The molecule has 1 aliphatic rings. The van der Waals surface area contributed by atoms with Gasteiger partial charge in [0.1, 0.15) is 5.75 Å². The molecule has 1 fully saturated rings. The molecule has 1 heterocycles. The standard InChI is InChI=1S/C14H19NO3/c1-10-5-3-7-12(13(10)16)14(17)15-8-4-6-11(15)9-18-2/h3,5,7,11,16H,4,6,8-9H2,1-2H3/t11-/m0/s1. The molecule has 1 aromatic rings. The minimum atomic E-state index is -0.101. The molecule has 0 radical (unpaired) electrons. The maximum atomic E-state index is 12.4. The number of benzene rings is 1. The number of carbonyl (C=O) groups is 1. The quantitative estimate of drug-likeness (QED) is 0.890. The summed E-state index contributed by atoms with van der Waals surface area (Å²) in [4.78, 5) is 14.2. The molecule has 0 unspecified atom stereocenters. The van der Waals surface area contributed by atoms with Crippen LogP contribution in [0.4, 0.5) is 0 Å². The topological polar surface area (TPSA) is 49.8 Å². The van der Waals surface area contributed by atoms with E-state index in [4.69, 9.17) is 4.74 Å². The lowest BCUT2D eigenvalue weighted by atomic mass is 10.1. The number of aromatic hydroxyl groups is 1. The van der Waals surface area contributed by atoms with Gasteiger partial charge >= 0.3 is 0 Å². The van der Waals surface area contributed by atoms with Gasteiger partial charge in [-0.25, -0.2) is 0 Å². The zero-order valence-electron chi connectivity index (χ0n) is 10.8. The zero-order valence-corrected chi connectivity index (χ0v) is 10.8. The molecule has 1 saturated heterocycles. The first kappa shape index (κ1) is 12.9. The molecule has 4 nitrogen and oxygen atoms in total. The van der Waals surface area contributed by atoms with Crippen molar-refractivity contribution in [1.29, 1.82) is 0 Å². The smallest absolute Gasteiger partial charge is 0.257 e. The minimum Gasteiger partial charge on any atom is -0.507 e. The van der Waals surface area contributed by atoms with Crippen LogP contribution in [-0.4, -0.2) is 42.2 Å². The Kier molecular flexibility index (Phi) is 3.87. The van der Waals surface area contributed by atoms with Gasteiger partial charge in [0.25, 0.3) is 5.91 Å². The van der Waals surface area contributed by atoms with Crippen LogP contribution < -0.4 is 0 Å². The van der Waals surface area contributed by atoms with Crippen molar-refractivity contribution in [1.82, 2.24) is 4.90 Å². The molecule has 1 atom stereocenters. The molecule has 0 spiro atoms. The van der Waals surface area contributed by atoms with Crippen LogP contribution in [0.5, 0.6) is 5.75 Å². The lowest BCUT2D eigenvalue weighted by Crippen LogP contribution is -2.38. The van der Waals surface area contributed by atoms with Crippen molar-refractivity contribution in [2.24, 2.45) is 0 Å². The third-order valence-electron chi connectivity index (χ3n) is 3.47. The summed E-state index contributed by atoms with van der Waals surface area (Å²) in [5.41, 5.74) is 1.11. The van der Waals surface area contributed by atoms with Crippen LogP contribution >= 0.6 is 0 Å². The Balaban J connectivity index is 2.23. The van der Waals surface area contributed by atoms with E-state index in [1.165, 1.54) is 0 Å². The summed E-state index contributed by atoms with van der Waals surface area (Å²) in [5, 5.41) is 9.97. The molecule has 0 saturated carbocycles. The Labute approximate surface area is 107 Å². The second-order valence-electron chi connectivity index (χ2n) is 4.72. The Morgan fingerprint density at radius 3 is 3.06 bits per heavy atom. The monoisotopic (exact) mass is 249 g/mol. The fourth-order valence-electron chi connectivity index (χ4n) is 2.45. The Morgan fingerprint density at radius 2 is 2.33 bits per heavy atom. The number of para-hydroxylation sites is 1. The van der Waals surface area contributed by atoms with Gasteiger partial charge in [-0.3, -0.25) is 4.79 Å². The second kappa shape index (κ2) is 5.40. The van der Waals surface area contributed by atoms with Crippen LogP contribution in [0.3, 0.4) is 0 Å². The predicted octanol–water partition coefficient (Wildman–Crippen LogP) is 1.95. The van der Waals surface area contributed by atoms with Crippen LogP contribution in [-0.2, 0) is 4.74 Å².